The first-order valence-corrected chi connectivity index (χ1v) is 12.2. The minimum atomic E-state index is -0.0731. The molecule has 0 aliphatic carbocycles. The Bertz CT molecular complexity index is 1100. The Morgan fingerprint density at radius 2 is 1.58 bits per heavy atom. The van der Waals surface area contributed by atoms with Crippen LogP contribution in [0.15, 0.2) is 78.9 Å². The fourth-order valence-electron chi connectivity index (χ4n) is 5.16. The molecule has 0 saturated carbocycles. The second kappa shape index (κ2) is 9.98. The number of amides is 1. The van der Waals surface area contributed by atoms with Gasteiger partial charge in [0.2, 0.25) is 5.91 Å². The van der Waals surface area contributed by atoms with Crippen LogP contribution in [0.5, 0.6) is 0 Å². The predicted octanol–water partition coefficient (Wildman–Crippen LogP) is 5.03. The molecule has 0 N–H and O–H groups in total. The largest absolute Gasteiger partial charge is 0.369 e. The summed E-state index contributed by atoms with van der Waals surface area (Å²) in [5, 5.41) is 0.708. The van der Waals surface area contributed by atoms with Gasteiger partial charge in [0.1, 0.15) is 0 Å². The number of carbonyl (C=O) groups is 1. The number of piperazine rings is 1. The van der Waals surface area contributed by atoms with Crippen molar-refractivity contribution >= 4 is 23.2 Å². The monoisotopic (exact) mass is 459 g/mol. The number of benzene rings is 3. The summed E-state index contributed by atoms with van der Waals surface area (Å²) in [6.45, 7) is 5.97. The number of nitrogens with zero attached hydrogens (tertiary/aromatic N) is 3. The number of carbonyl (C=O) groups excluding carboxylic acids is 1. The van der Waals surface area contributed by atoms with Crippen molar-refractivity contribution in [3.8, 4) is 0 Å². The van der Waals surface area contributed by atoms with Crippen molar-refractivity contribution in [3.63, 3.8) is 0 Å². The molecule has 2 aliphatic rings. The normalized spacial score (nSPS) is 18.9. The standard InChI is InChI=1S/C28H30ClN3O/c29-24-10-6-9-23(20-24)28-26-13-5-4-8-22(26)21-27(33)32(28)15-7-14-30-16-18-31(19-17-30)25-11-2-1-3-12-25/h1-6,8-13,20,28H,7,14-19,21H2. The second-order valence-electron chi connectivity index (χ2n) is 8.94. The third kappa shape index (κ3) is 4.92. The van der Waals surface area contributed by atoms with Gasteiger partial charge in [-0.3, -0.25) is 9.69 Å². The lowest BCUT2D eigenvalue weighted by Crippen LogP contribution is -2.47. The van der Waals surface area contributed by atoms with Crippen LogP contribution in [0, 0.1) is 0 Å². The van der Waals surface area contributed by atoms with Gasteiger partial charge in [-0.1, -0.05) is 66.2 Å². The number of hydrogen-bond donors (Lipinski definition) is 0. The van der Waals surface area contributed by atoms with E-state index in [1.54, 1.807) is 0 Å². The first-order valence-electron chi connectivity index (χ1n) is 11.8. The van der Waals surface area contributed by atoms with Crippen LogP contribution in [0.1, 0.15) is 29.2 Å². The number of rotatable bonds is 6. The Labute approximate surface area is 201 Å². The number of anilines is 1. The van der Waals surface area contributed by atoms with Crippen LogP contribution in [0.25, 0.3) is 0 Å². The van der Waals surface area contributed by atoms with Gasteiger partial charge in [0.15, 0.2) is 0 Å². The van der Waals surface area contributed by atoms with Crippen LogP contribution in [0.3, 0.4) is 0 Å². The molecule has 0 bridgehead atoms. The first-order chi connectivity index (χ1) is 16.2. The lowest BCUT2D eigenvalue weighted by molar-refractivity contribution is -0.133. The van der Waals surface area contributed by atoms with Gasteiger partial charge >= 0.3 is 0 Å². The molecule has 1 atom stereocenters. The minimum Gasteiger partial charge on any atom is -0.369 e. The molecule has 170 valence electrons. The van der Waals surface area contributed by atoms with Gasteiger partial charge in [0.25, 0.3) is 0 Å². The van der Waals surface area contributed by atoms with Gasteiger partial charge in [-0.05, 0) is 53.9 Å². The number of hydrogen-bond acceptors (Lipinski definition) is 3. The fraction of sp³-hybridized carbons (Fsp3) is 0.321. The molecule has 0 aromatic heterocycles. The summed E-state index contributed by atoms with van der Waals surface area (Å²) in [7, 11) is 0. The highest BCUT2D eigenvalue weighted by Crippen LogP contribution is 2.36. The van der Waals surface area contributed by atoms with Crippen molar-refractivity contribution < 1.29 is 4.79 Å². The third-order valence-electron chi connectivity index (χ3n) is 6.85. The average molecular weight is 460 g/mol. The molecular formula is C28H30ClN3O. The number of halogens is 1. The topological polar surface area (TPSA) is 26.8 Å². The van der Waals surface area contributed by atoms with Crippen molar-refractivity contribution in [3.05, 3.63) is 101 Å². The number of para-hydroxylation sites is 1. The summed E-state index contributed by atoms with van der Waals surface area (Å²) in [5.41, 5.74) is 4.73. The van der Waals surface area contributed by atoms with E-state index in [2.05, 4.69) is 69.3 Å². The van der Waals surface area contributed by atoms with Crippen LogP contribution >= 0.6 is 11.6 Å². The van der Waals surface area contributed by atoms with Gasteiger partial charge in [0, 0.05) is 43.4 Å². The van der Waals surface area contributed by atoms with Gasteiger partial charge in [-0.25, -0.2) is 0 Å². The van der Waals surface area contributed by atoms with E-state index in [0.29, 0.717) is 11.4 Å². The maximum Gasteiger partial charge on any atom is 0.227 e. The van der Waals surface area contributed by atoms with E-state index in [1.165, 1.54) is 11.3 Å². The van der Waals surface area contributed by atoms with Crippen molar-refractivity contribution in [2.45, 2.75) is 18.9 Å². The molecule has 0 radical (unpaired) electrons. The Morgan fingerprint density at radius 3 is 2.36 bits per heavy atom. The highest BCUT2D eigenvalue weighted by Gasteiger charge is 2.33. The SMILES string of the molecule is O=C1Cc2ccccc2C(c2cccc(Cl)c2)N1CCCN1CCN(c2ccccc2)CC1. The van der Waals surface area contributed by atoms with Crippen LogP contribution < -0.4 is 4.90 Å². The van der Waals surface area contributed by atoms with E-state index in [0.717, 1.165) is 56.8 Å². The highest BCUT2D eigenvalue weighted by molar-refractivity contribution is 6.30. The number of fused-ring (bicyclic) bond motifs is 1. The third-order valence-corrected chi connectivity index (χ3v) is 7.09. The molecule has 5 heteroatoms. The molecule has 3 aromatic carbocycles. The van der Waals surface area contributed by atoms with Gasteiger partial charge in [-0.2, -0.15) is 0 Å². The Balaban J connectivity index is 1.24. The quantitative estimate of drug-likeness (QED) is 0.517. The Hall–Kier alpha value is -2.82. The van der Waals surface area contributed by atoms with Crippen LogP contribution in [0.2, 0.25) is 5.02 Å². The zero-order valence-corrected chi connectivity index (χ0v) is 19.6. The lowest BCUT2D eigenvalue weighted by Gasteiger charge is -2.39. The predicted molar refractivity (Wildman–Crippen MR) is 135 cm³/mol. The fourth-order valence-corrected chi connectivity index (χ4v) is 5.36. The molecule has 1 unspecified atom stereocenters. The molecule has 5 rings (SSSR count). The van der Waals surface area contributed by atoms with E-state index in [9.17, 15) is 4.79 Å². The molecule has 1 fully saturated rings. The molecule has 0 spiro atoms. The maximum atomic E-state index is 13.2. The highest BCUT2D eigenvalue weighted by atomic mass is 35.5. The summed E-state index contributed by atoms with van der Waals surface area (Å²) in [6.07, 6.45) is 1.44. The van der Waals surface area contributed by atoms with E-state index < -0.39 is 0 Å². The first kappa shape index (κ1) is 22.0. The summed E-state index contributed by atoms with van der Waals surface area (Å²) in [4.78, 5) is 20.2. The van der Waals surface area contributed by atoms with Crippen molar-refractivity contribution in [1.82, 2.24) is 9.80 Å². The van der Waals surface area contributed by atoms with Crippen molar-refractivity contribution in [2.24, 2.45) is 0 Å². The van der Waals surface area contributed by atoms with Gasteiger partial charge < -0.3 is 9.80 Å². The van der Waals surface area contributed by atoms with Crippen LogP contribution in [-0.4, -0.2) is 55.0 Å². The van der Waals surface area contributed by atoms with Gasteiger partial charge in [0.05, 0.1) is 12.5 Å². The second-order valence-corrected chi connectivity index (χ2v) is 9.37. The Morgan fingerprint density at radius 1 is 0.818 bits per heavy atom. The van der Waals surface area contributed by atoms with Crippen molar-refractivity contribution in [1.29, 1.82) is 0 Å². The summed E-state index contributed by atoms with van der Waals surface area (Å²) in [6, 6.07) is 26.8. The minimum absolute atomic E-state index is 0.0731. The zero-order valence-electron chi connectivity index (χ0n) is 18.9. The van der Waals surface area contributed by atoms with Gasteiger partial charge in [-0.15, -0.1) is 0 Å². The average Bonchev–Trinajstić information content (AvgIpc) is 2.85. The van der Waals surface area contributed by atoms with E-state index in [1.807, 2.05) is 24.3 Å². The van der Waals surface area contributed by atoms with Crippen molar-refractivity contribution in [2.75, 3.05) is 44.2 Å². The molecule has 33 heavy (non-hydrogen) atoms. The molecule has 3 aromatic rings. The zero-order chi connectivity index (χ0) is 22.6. The smallest absolute Gasteiger partial charge is 0.227 e. The van der Waals surface area contributed by atoms with Crippen LogP contribution in [0.4, 0.5) is 5.69 Å². The van der Waals surface area contributed by atoms with E-state index >= 15 is 0 Å². The summed E-state index contributed by atoms with van der Waals surface area (Å²) >= 11 is 6.32. The molecule has 2 heterocycles. The van der Waals surface area contributed by atoms with E-state index in [-0.39, 0.29) is 11.9 Å². The Kier molecular flexibility index (Phi) is 6.65. The summed E-state index contributed by atoms with van der Waals surface area (Å²) < 4.78 is 0. The molecule has 2 aliphatic heterocycles. The molecule has 1 amide bonds. The molecule has 1 saturated heterocycles. The molecule has 4 nitrogen and oxygen atoms in total. The maximum absolute atomic E-state index is 13.2. The van der Waals surface area contributed by atoms with Crippen LogP contribution in [-0.2, 0) is 11.2 Å². The van der Waals surface area contributed by atoms with E-state index in [4.69, 9.17) is 11.6 Å². The summed E-state index contributed by atoms with van der Waals surface area (Å²) in [5.74, 6) is 0.201. The lowest BCUT2D eigenvalue weighted by atomic mass is 9.87. The molecular weight excluding hydrogens is 430 g/mol.